The van der Waals surface area contributed by atoms with Gasteiger partial charge < -0.3 is 0 Å². The fraction of sp³-hybridized carbons (Fsp3) is 0. The van der Waals surface area contributed by atoms with E-state index in [1.165, 1.54) is 11.1 Å². The van der Waals surface area contributed by atoms with E-state index in [0.717, 1.165) is 0 Å². The Bertz CT molecular complexity index is 452. The Morgan fingerprint density at radius 2 is 0.944 bits per heavy atom. The molecule has 90 valence electrons. The van der Waals surface area contributed by atoms with Crippen molar-refractivity contribution in [2.24, 2.45) is 0 Å². The average Bonchev–Trinajstić information content (AvgIpc) is 2.45. The Labute approximate surface area is 116 Å². The summed E-state index contributed by atoms with van der Waals surface area (Å²) in [5.74, 6) is 0. The quantitative estimate of drug-likeness (QED) is 0.504. The van der Waals surface area contributed by atoms with Crippen LogP contribution in [0, 0.1) is 0 Å². The van der Waals surface area contributed by atoms with Crippen molar-refractivity contribution in [2.75, 3.05) is 0 Å². The summed E-state index contributed by atoms with van der Waals surface area (Å²) in [6.07, 6.45) is 4.24. The first kappa shape index (κ1) is 13.1. The second kappa shape index (κ2) is 7.85. The summed E-state index contributed by atoms with van der Waals surface area (Å²) in [4.78, 5) is 0. The van der Waals surface area contributed by atoms with Crippen LogP contribution in [0.2, 0.25) is 0 Å². The van der Waals surface area contributed by atoms with Crippen molar-refractivity contribution in [3.63, 3.8) is 0 Å². The maximum atomic E-state index is 2.12. The van der Waals surface area contributed by atoms with Gasteiger partial charge in [-0.2, -0.15) is 0 Å². The van der Waals surface area contributed by atoms with Gasteiger partial charge in [-0.05, 0) is 34.1 Å². The zero-order valence-corrected chi connectivity index (χ0v) is 11.5. The van der Waals surface area contributed by atoms with Crippen LogP contribution in [-0.2, 0) is 0 Å². The standard InChI is InChI=1S/C16H14S2/c1-3-7-15(8-4-1)11-13-17-18-14-12-16-9-5-2-6-10-16/h1-14H/b13-11+,14-12+. The molecular weight excluding hydrogens is 256 g/mol. The lowest BCUT2D eigenvalue weighted by Gasteiger charge is -1.92. The van der Waals surface area contributed by atoms with Crippen molar-refractivity contribution in [3.8, 4) is 0 Å². The Balaban J connectivity index is 1.73. The van der Waals surface area contributed by atoms with Crippen LogP contribution in [-0.4, -0.2) is 0 Å². The lowest BCUT2D eigenvalue weighted by Crippen LogP contribution is -1.66. The van der Waals surface area contributed by atoms with Gasteiger partial charge in [-0.25, -0.2) is 0 Å². The summed E-state index contributed by atoms with van der Waals surface area (Å²) in [5, 5.41) is 4.21. The molecule has 0 saturated carbocycles. The van der Waals surface area contributed by atoms with E-state index in [0.29, 0.717) is 0 Å². The third-order valence-electron chi connectivity index (χ3n) is 2.29. The number of hydrogen-bond donors (Lipinski definition) is 0. The molecule has 0 aliphatic rings. The Morgan fingerprint density at radius 1 is 0.556 bits per heavy atom. The van der Waals surface area contributed by atoms with Crippen molar-refractivity contribution in [3.05, 3.63) is 82.6 Å². The van der Waals surface area contributed by atoms with Crippen LogP contribution >= 0.6 is 21.6 Å². The summed E-state index contributed by atoms with van der Waals surface area (Å²) in [6, 6.07) is 20.6. The maximum absolute atomic E-state index is 2.12. The number of rotatable bonds is 5. The normalized spacial score (nSPS) is 11.3. The monoisotopic (exact) mass is 270 g/mol. The molecular formula is C16H14S2. The van der Waals surface area contributed by atoms with Gasteiger partial charge in [-0.1, -0.05) is 82.3 Å². The van der Waals surface area contributed by atoms with Gasteiger partial charge in [0.1, 0.15) is 0 Å². The van der Waals surface area contributed by atoms with Gasteiger partial charge in [0.25, 0.3) is 0 Å². The Morgan fingerprint density at radius 3 is 1.33 bits per heavy atom. The zero-order chi connectivity index (χ0) is 12.5. The largest absolute Gasteiger partial charge is 0.0622 e. The first-order valence-electron chi connectivity index (χ1n) is 5.70. The first-order valence-corrected chi connectivity index (χ1v) is 7.98. The van der Waals surface area contributed by atoms with Gasteiger partial charge in [0, 0.05) is 0 Å². The van der Waals surface area contributed by atoms with Crippen LogP contribution in [0.4, 0.5) is 0 Å². The van der Waals surface area contributed by atoms with Gasteiger partial charge in [0.15, 0.2) is 0 Å². The maximum Gasteiger partial charge on any atom is -0.0172 e. The molecule has 0 saturated heterocycles. The number of hydrogen-bond acceptors (Lipinski definition) is 2. The highest BCUT2D eigenvalue weighted by Crippen LogP contribution is 2.25. The highest BCUT2D eigenvalue weighted by molar-refractivity contribution is 8.79. The smallest absolute Gasteiger partial charge is 0.0172 e. The van der Waals surface area contributed by atoms with Crippen LogP contribution in [0.15, 0.2) is 71.5 Å². The molecule has 0 heterocycles. The minimum absolute atomic E-state index is 1.23. The van der Waals surface area contributed by atoms with Crippen LogP contribution < -0.4 is 0 Å². The Hall–Kier alpha value is -1.38. The van der Waals surface area contributed by atoms with Crippen LogP contribution in [0.1, 0.15) is 11.1 Å². The third-order valence-corrected chi connectivity index (χ3v) is 3.89. The molecule has 0 nitrogen and oxygen atoms in total. The predicted octanol–water partition coefficient (Wildman–Crippen LogP) is 5.71. The molecule has 2 aromatic carbocycles. The molecule has 18 heavy (non-hydrogen) atoms. The summed E-state index contributed by atoms with van der Waals surface area (Å²) in [6.45, 7) is 0. The lowest BCUT2D eigenvalue weighted by atomic mass is 10.2. The van der Waals surface area contributed by atoms with Crippen LogP contribution in [0.3, 0.4) is 0 Å². The second-order valence-corrected chi connectivity index (χ2v) is 5.70. The van der Waals surface area contributed by atoms with Gasteiger partial charge in [0.2, 0.25) is 0 Å². The summed E-state index contributed by atoms with van der Waals surface area (Å²) in [5.41, 5.74) is 2.47. The minimum Gasteiger partial charge on any atom is -0.0622 e. The van der Waals surface area contributed by atoms with Crippen molar-refractivity contribution >= 4 is 33.7 Å². The predicted molar refractivity (Wildman–Crippen MR) is 86.1 cm³/mol. The van der Waals surface area contributed by atoms with Gasteiger partial charge >= 0.3 is 0 Å². The first-order chi connectivity index (χ1) is 8.95. The van der Waals surface area contributed by atoms with E-state index >= 15 is 0 Å². The molecule has 0 spiro atoms. The highest BCUT2D eigenvalue weighted by atomic mass is 33.1. The molecule has 0 N–H and O–H groups in total. The van der Waals surface area contributed by atoms with E-state index in [1.54, 1.807) is 21.6 Å². The summed E-state index contributed by atoms with van der Waals surface area (Å²) >= 11 is 0. The highest BCUT2D eigenvalue weighted by Gasteiger charge is 1.84. The van der Waals surface area contributed by atoms with Crippen molar-refractivity contribution in [1.29, 1.82) is 0 Å². The molecule has 0 bridgehead atoms. The van der Waals surface area contributed by atoms with Crippen molar-refractivity contribution in [2.45, 2.75) is 0 Å². The molecule has 2 heteroatoms. The van der Waals surface area contributed by atoms with E-state index in [-0.39, 0.29) is 0 Å². The van der Waals surface area contributed by atoms with E-state index in [2.05, 4.69) is 47.2 Å². The molecule has 0 unspecified atom stereocenters. The van der Waals surface area contributed by atoms with E-state index in [4.69, 9.17) is 0 Å². The summed E-state index contributed by atoms with van der Waals surface area (Å²) < 4.78 is 0. The van der Waals surface area contributed by atoms with E-state index in [1.807, 2.05) is 36.4 Å². The zero-order valence-electron chi connectivity index (χ0n) is 9.90. The van der Waals surface area contributed by atoms with E-state index < -0.39 is 0 Å². The van der Waals surface area contributed by atoms with Crippen LogP contribution in [0.25, 0.3) is 12.2 Å². The van der Waals surface area contributed by atoms with Crippen molar-refractivity contribution < 1.29 is 0 Å². The third kappa shape index (κ3) is 4.86. The minimum atomic E-state index is 1.23. The van der Waals surface area contributed by atoms with E-state index in [9.17, 15) is 0 Å². The molecule has 0 aromatic heterocycles. The van der Waals surface area contributed by atoms with Gasteiger partial charge in [-0.3, -0.25) is 0 Å². The molecule has 0 aliphatic heterocycles. The molecule has 0 fully saturated rings. The fourth-order valence-electron chi connectivity index (χ4n) is 1.41. The number of benzene rings is 2. The molecule has 0 aliphatic carbocycles. The Kier molecular flexibility index (Phi) is 5.70. The van der Waals surface area contributed by atoms with Gasteiger partial charge in [0.05, 0.1) is 0 Å². The molecule has 2 aromatic rings. The molecule has 2 rings (SSSR count). The lowest BCUT2D eigenvalue weighted by molar-refractivity contribution is 1.67. The molecule has 0 radical (unpaired) electrons. The van der Waals surface area contributed by atoms with Crippen LogP contribution in [0.5, 0.6) is 0 Å². The topological polar surface area (TPSA) is 0 Å². The molecule has 0 amide bonds. The van der Waals surface area contributed by atoms with Crippen molar-refractivity contribution in [1.82, 2.24) is 0 Å². The van der Waals surface area contributed by atoms with Gasteiger partial charge in [-0.15, -0.1) is 0 Å². The summed E-state index contributed by atoms with van der Waals surface area (Å²) in [7, 11) is 3.43. The second-order valence-electron chi connectivity index (χ2n) is 3.62. The molecule has 0 atom stereocenters. The SMILES string of the molecule is C(=C\c1ccccc1)/SS/C=C/c1ccccc1. The average molecular weight is 270 g/mol. The fourth-order valence-corrected chi connectivity index (χ4v) is 2.68.